The van der Waals surface area contributed by atoms with Crippen LogP contribution in [0, 0.1) is 0 Å². The van der Waals surface area contributed by atoms with Crippen LogP contribution in [0.2, 0.25) is 0 Å². The fraction of sp³-hybridized carbons (Fsp3) is 0. The molecule has 1 aromatic carbocycles. The van der Waals surface area contributed by atoms with Crippen LogP contribution in [0.15, 0.2) is 42.5 Å². The summed E-state index contributed by atoms with van der Waals surface area (Å²) >= 11 is 0. The third-order valence-corrected chi connectivity index (χ3v) is 1.98. The van der Waals surface area contributed by atoms with Crippen molar-refractivity contribution in [3.05, 3.63) is 42.5 Å². The average molecular weight is 195 g/mol. The van der Waals surface area contributed by atoms with Crippen molar-refractivity contribution >= 4 is 30.6 Å². The number of nitrogens with one attached hydrogen (secondary N) is 1. The van der Waals surface area contributed by atoms with Gasteiger partial charge in [-0.3, -0.25) is 0 Å². The largest absolute Gasteiger partial charge is 0.396 e. The van der Waals surface area contributed by atoms with E-state index in [0.717, 1.165) is 5.69 Å². The quantitative estimate of drug-likeness (QED) is 0.708. The average Bonchev–Trinajstić information content (AvgIpc) is 2.25. The van der Waals surface area contributed by atoms with E-state index < -0.39 is 0 Å². The number of benzene rings is 1. The number of para-hydroxylation sites is 1. The standard InChI is InChI=1S/C11H10BN3/c12-10-7-6-9(13)11(15-10)14-8-4-2-1-3-5-8/h1-7H,13H2,(H,14,15). The molecule has 0 spiro atoms. The van der Waals surface area contributed by atoms with Gasteiger partial charge in [-0.2, -0.15) is 0 Å². The van der Waals surface area contributed by atoms with E-state index in [2.05, 4.69) is 10.3 Å². The number of aromatic nitrogens is 1. The van der Waals surface area contributed by atoms with Gasteiger partial charge in [0.15, 0.2) is 5.82 Å². The van der Waals surface area contributed by atoms with Gasteiger partial charge in [-0.15, -0.1) is 0 Å². The van der Waals surface area contributed by atoms with E-state index in [-0.39, 0.29) is 0 Å². The second kappa shape index (κ2) is 4.04. The van der Waals surface area contributed by atoms with E-state index in [1.165, 1.54) is 0 Å². The monoisotopic (exact) mass is 195 g/mol. The van der Waals surface area contributed by atoms with Gasteiger partial charge in [-0.25, -0.2) is 4.98 Å². The number of nitrogens with zero attached hydrogens (tertiary/aromatic N) is 1. The molecule has 0 bridgehead atoms. The van der Waals surface area contributed by atoms with E-state index in [1.807, 2.05) is 30.3 Å². The van der Waals surface area contributed by atoms with Crippen LogP contribution in [0.5, 0.6) is 0 Å². The zero-order valence-electron chi connectivity index (χ0n) is 8.14. The van der Waals surface area contributed by atoms with Crippen molar-refractivity contribution in [3.8, 4) is 0 Å². The molecule has 0 saturated heterocycles. The number of pyridine rings is 1. The first-order valence-electron chi connectivity index (χ1n) is 4.60. The van der Waals surface area contributed by atoms with Crippen molar-refractivity contribution in [2.24, 2.45) is 0 Å². The van der Waals surface area contributed by atoms with Crippen LogP contribution in [0.1, 0.15) is 0 Å². The molecule has 0 aliphatic heterocycles. The molecule has 72 valence electrons. The van der Waals surface area contributed by atoms with Crippen molar-refractivity contribution < 1.29 is 0 Å². The third-order valence-electron chi connectivity index (χ3n) is 1.98. The van der Waals surface area contributed by atoms with Gasteiger partial charge in [0.1, 0.15) is 7.85 Å². The van der Waals surface area contributed by atoms with Gasteiger partial charge in [0, 0.05) is 5.69 Å². The maximum atomic E-state index is 5.76. The molecule has 0 fully saturated rings. The summed E-state index contributed by atoms with van der Waals surface area (Å²) in [7, 11) is 5.57. The number of hydrogen-bond acceptors (Lipinski definition) is 3. The van der Waals surface area contributed by atoms with E-state index in [9.17, 15) is 0 Å². The molecular formula is C11H10BN3. The van der Waals surface area contributed by atoms with Gasteiger partial charge >= 0.3 is 0 Å². The van der Waals surface area contributed by atoms with Gasteiger partial charge in [-0.05, 0) is 29.9 Å². The molecule has 3 nitrogen and oxygen atoms in total. The molecule has 0 aliphatic carbocycles. The first kappa shape index (κ1) is 9.58. The van der Waals surface area contributed by atoms with Crippen molar-refractivity contribution in [2.45, 2.75) is 0 Å². The van der Waals surface area contributed by atoms with Gasteiger partial charge in [-0.1, -0.05) is 18.2 Å². The first-order valence-corrected chi connectivity index (χ1v) is 4.60. The Hall–Kier alpha value is -1.97. The SMILES string of the molecule is [B]c1ccc(N)c(Nc2ccccc2)n1. The number of hydrogen-bond donors (Lipinski definition) is 2. The van der Waals surface area contributed by atoms with E-state index in [1.54, 1.807) is 12.1 Å². The summed E-state index contributed by atoms with van der Waals surface area (Å²) in [5.41, 5.74) is 7.71. The summed E-state index contributed by atoms with van der Waals surface area (Å²) in [5, 5.41) is 3.10. The minimum absolute atomic E-state index is 0.447. The minimum atomic E-state index is 0.447. The molecule has 2 radical (unpaired) electrons. The zero-order valence-corrected chi connectivity index (χ0v) is 8.14. The highest BCUT2D eigenvalue weighted by Gasteiger charge is 2.00. The van der Waals surface area contributed by atoms with Crippen molar-refractivity contribution in [1.29, 1.82) is 0 Å². The summed E-state index contributed by atoms with van der Waals surface area (Å²) in [6, 6.07) is 13.1. The molecule has 4 heteroatoms. The smallest absolute Gasteiger partial charge is 0.152 e. The van der Waals surface area contributed by atoms with Gasteiger partial charge in [0.2, 0.25) is 0 Å². The van der Waals surface area contributed by atoms with Gasteiger partial charge in [0.05, 0.1) is 5.69 Å². The predicted octanol–water partition coefficient (Wildman–Crippen LogP) is 1.20. The van der Waals surface area contributed by atoms with Crippen LogP contribution in [0.4, 0.5) is 17.2 Å². The fourth-order valence-electron chi connectivity index (χ4n) is 1.24. The minimum Gasteiger partial charge on any atom is -0.396 e. The fourth-order valence-corrected chi connectivity index (χ4v) is 1.24. The van der Waals surface area contributed by atoms with Crippen LogP contribution in [0.3, 0.4) is 0 Å². The summed E-state index contributed by atoms with van der Waals surface area (Å²) in [4.78, 5) is 4.11. The third kappa shape index (κ3) is 2.28. The lowest BCUT2D eigenvalue weighted by molar-refractivity contribution is 1.36. The molecule has 0 amide bonds. The van der Waals surface area contributed by atoms with E-state index in [0.29, 0.717) is 17.1 Å². The summed E-state index contributed by atoms with van der Waals surface area (Å²) in [6.07, 6.45) is 0. The molecule has 2 aromatic rings. The summed E-state index contributed by atoms with van der Waals surface area (Å²) in [5.74, 6) is 0.584. The molecule has 1 aromatic heterocycles. The molecule has 0 aliphatic rings. The van der Waals surface area contributed by atoms with Crippen LogP contribution < -0.4 is 16.6 Å². The topological polar surface area (TPSA) is 50.9 Å². The van der Waals surface area contributed by atoms with Gasteiger partial charge < -0.3 is 11.1 Å². The predicted molar refractivity (Wildman–Crippen MR) is 63.8 cm³/mol. The lowest BCUT2D eigenvalue weighted by Gasteiger charge is -2.08. The van der Waals surface area contributed by atoms with E-state index in [4.69, 9.17) is 13.6 Å². The molecule has 0 saturated carbocycles. The summed E-state index contributed by atoms with van der Waals surface area (Å²) in [6.45, 7) is 0. The van der Waals surface area contributed by atoms with E-state index >= 15 is 0 Å². The second-order valence-electron chi connectivity index (χ2n) is 3.16. The Morgan fingerprint density at radius 1 is 1.07 bits per heavy atom. The first-order chi connectivity index (χ1) is 7.25. The van der Waals surface area contributed by atoms with Crippen LogP contribution in [-0.2, 0) is 0 Å². The van der Waals surface area contributed by atoms with Crippen molar-refractivity contribution in [2.75, 3.05) is 11.1 Å². The lowest BCUT2D eigenvalue weighted by atomic mass is 10.0. The highest BCUT2D eigenvalue weighted by atomic mass is 15.0. The normalized spacial score (nSPS) is 9.87. The Morgan fingerprint density at radius 2 is 1.80 bits per heavy atom. The Morgan fingerprint density at radius 3 is 2.53 bits per heavy atom. The maximum absolute atomic E-state index is 5.76. The van der Waals surface area contributed by atoms with Crippen LogP contribution >= 0.6 is 0 Å². The molecular weight excluding hydrogens is 185 g/mol. The number of nitrogens with two attached hydrogens (primary N) is 1. The summed E-state index contributed by atoms with van der Waals surface area (Å²) < 4.78 is 0. The number of nitrogen functional groups attached to an aromatic ring is 1. The van der Waals surface area contributed by atoms with Crippen LogP contribution in [0.25, 0.3) is 0 Å². The lowest BCUT2D eigenvalue weighted by Crippen LogP contribution is -2.11. The van der Waals surface area contributed by atoms with Gasteiger partial charge in [0.25, 0.3) is 0 Å². The maximum Gasteiger partial charge on any atom is 0.152 e. The number of rotatable bonds is 2. The number of anilines is 3. The zero-order chi connectivity index (χ0) is 10.7. The molecule has 0 atom stereocenters. The Balaban J connectivity index is 2.28. The Kier molecular flexibility index (Phi) is 2.58. The Labute approximate surface area is 89.7 Å². The molecule has 2 rings (SSSR count). The van der Waals surface area contributed by atoms with Crippen LogP contribution in [-0.4, -0.2) is 12.8 Å². The molecule has 3 N–H and O–H groups in total. The van der Waals surface area contributed by atoms with Crippen molar-refractivity contribution in [1.82, 2.24) is 4.98 Å². The second-order valence-corrected chi connectivity index (χ2v) is 3.16. The molecule has 1 heterocycles. The highest BCUT2D eigenvalue weighted by Crippen LogP contribution is 2.18. The molecule has 15 heavy (non-hydrogen) atoms. The Bertz CT molecular complexity index is 457. The van der Waals surface area contributed by atoms with Crippen molar-refractivity contribution in [3.63, 3.8) is 0 Å². The molecule has 0 unspecified atom stereocenters. The highest BCUT2D eigenvalue weighted by molar-refractivity contribution is 6.30.